The van der Waals surface area contributed by atoms with E-state index in [1.807, 2.05) is 0 Å². The van der Waals surface area contributed by atoms with Crippen molar-refractivity contribution in [2.75, 3.05) is 16.3 Å². The molecule has 0 saturated heterocycles. The van der Waals surface area contributed by atoms with Crippen molar-refractivity contribution in [1.82, 2.24) is 4.98 Å². The standard InChI is InChI=1S/C20H18FN3O3S2/c1-29(26,27)24-17-10-8-16(9-11-17)23-19(25)18-3-2-12-22-20(18)28-13-14-4-6-15(21)7-5-14/h2-12,24H,13H2,1H3,(H,23,25). The minimum atomic E-state index is -3.36. The van der Waals surface area contributed by atoms with Crippen LogP contribution < -0.4 is 10.0 Å². The zero-order chi connectivity index (χ0) is 20.9. The van der Waals surface area contributed by atoms with Crippen LogP contribution in [0.3, 0.4) is 0 Å². The summed E-state index contributed by atoms with van der Waals surface area (Å²) in [6, 6.07) is 15.8. The van der Waals surface area contributed by atoms with Gasteiger partial charge in [0.1, 0.15) is 10.8 Å². The number of amides is 1. The van der Waals surface area contributed by atoms with Crippen LogP contribution in [0.25, 0.3) is 0 Å². The highest BCUT2D eigenvalue weighted by Crippen LogP contribution is 2.25. The zero-order valence-electron chi connectivity index (χ0n) is 15.4. The summed E-state index contributed by atoms with van der Waals surface area (Å²) in [5, 5.41) is 3.34. The van der Waals surface area contributed by atoms with Crippen LogP contribution in [0.2, 0.25) is 0 Å². The third-order valence-electron chi connectivity index (χ3n) is 3.75. The van der Waals surface area contributed by atoms with Crippen molar-refractivity contribution >= 4 is 39.1 Å². The molecule has 1 aromatic heterocycles. The third kappa shape index (κ3) is 6.30. The van der Waals surface area contributed by atoms with Crippen LogP contribution in [0.15, 0.2) is 71.9 Å². The van der Waals surface area contributed by atoms with Gasteiger partial charge < -0.3 is 5.32 Å². The van der Waals surface area contributed by atoms with E-state index in [-0.39, 0.29) is 11.7 Å². The Morgan fingerprint density at radius 3 is 2.34 bits per heavy atom. The lowest BCUT2D eigenvalue weighted by Gasteiger charge is -2.10. The number of aromatic nitrogens is 1. The average Bonchev–Trinajstić information content (AvgIpc) is 2.68. The molecule has 0 radical (unpaired) electrons. The summed E-state index contributed by atoms with van der Waals surface area (Å²) < 4.78 is 37.9. The lowest BCUT2D eigenvalue weighted by atomic mass is 10.2. The molecule has 0 aliphatic heterocycles. The number of thioether (sulfide) groups is 1. The van der Waals surface area contributed by atoms with Gasteiger partial charge in [-0.05, 0) is 54.1 Å². The number of hydrogen-bond donors (Lipinski definition) is 2. The van der Waals surface area contributed by atoms with Gasteiger partial charge in [-0.25, -0.2) is 17.8 Å². The molecular weight excluding hydrogens is 413 g/mol. The molecule has 0 aliphatic carbocycles. The molecule has 0 unspecified atom stereocenters. The Kier molecular flexibility index (Phi) is 6.50. The number of hydrogen-bond acceptors (Lipinski definition) is 5. The van der Waals surface area contributed by atoms with Crippen LogP contribution in [0.1, 0.15) is 15.9 Å². The first-order valence-corrected chi connectivity index (χ1v) is 11.4. The van der Waals surface area contributed by atoms with Gasteiger partial charge >= 0.3 is 0 Å². The SMILES string of the molecule is CS(=O)(=O)Nc1ccc(NC(=O)c2cccnc2SCc2ccc(F)cc2)cc1. The lowest BCUT2D eigenvalue weighted by molar-refractivity contribution is 0.102. The van der Waals surface area contributed by atoms with E-state index >= 15 is 0 Å². The number of benzene rings is 2. The Hall–Kier alpha value is -2.91. The molecule has 0 fully saturated rings. The summed E-state index contributed by atoms with van der Waals surface area (Å²) in [6.45, 7) is 0. The Bertz CT molecular complexity index is 1100. The van der Waals surface area contributed by atoms with Gasteiger partial charge in [0.05, 0.1) is 11.8 Å². The molecule has 1 heterocycles. The fraction of sp³-hybridized carbons (Fsp3) is 0.100. The predicted molar refractivity (Wildman–Crippen MR) is 113 cm³/mol. The quantitative estimate of drug-likeness (QED) is 0.549. The van der Waals surface area contributed by atoms with Crippen molar-refractivity contribution in [3.05, 3.63) is 83.8 Å². The number of rotatable bonds is 7. The molecule has 1 amide bonds. The number of pyridine rings is 1. The van der Waals surface area contributed by atoms with Crippen molar-refractivity contribution < 1.29 is 17.6 Å². The Morgan fingerprint density at radius 1 is 1.03 bits per heavy atom. The molecule has 0 saturated carbocycles. The Morgan fingerprint density at radius 2 is 1.69 bits per heavy atom. The van der Waals surface area contributed by atoms with E-state index < -0.39 is 10.0 Å². The van der Waals surface area contributed by atoms with E-state index in [9.17, 15) is 17.6 Å². The second kappa shape index (κ2) is 9.06. The van der Waals surface area contributed by atoms with E-state index in [1.165, 1.54) is 23.9 Å². The van der Waals surface area contributed by atoms with Crippen LogP contribution >= 0.6 is 11.8 Å². The topological polar surface area (TPSA) is 88.2 Å². The number of halogens is 1. The third-order valence-corrected chi connectivity index (χ3v) is 5.43. The second-order valence-corrected chi connectivity index (χ2v) is 8.89. The molecule has 9 heteroatoms. The maximum atomic E-state index is 13.0. The van der Waals surface area contributed by atoms with Crippen molar-refractivity contribution in [3.63, 3.8) is 0 Å². The fourth-order valence-corrected chi connectivity index (χ4v) is 3.96. The van der Waals surface area contributed by atoms with Gasteiger partial charge in [-0.15, -0.1) is 11.8 Å². The molecule has 2 aromatic carbocycles. The van der Waals surface area contributed by atoms with Crippen LogP contribution in [-0.4, -0.2) is 25.6 Å². The minimum Gasteiger partial charge on any atom is -0.322 e. The predicted octanol–water partition coefficient (Wildman–Crippen LogP) is 4.14. The van der Waals surface area contributed by atoms with E-state index in [0.29, 0.717) is 27.7 Å². The van der Waals surface area contributed by atoms with E-state index in [1.54, 1.807) is 54.7 Å². The Labute approximate surface area is 172 Å². The number of nitrogens with zero attached hydrogens (tertiary/aromatic N) is 1. The fourth-order valence-electron chi connectivity index (χ4n) is 2.45. The molecule has 3 aromatic rings. The van der Waals surface area contributed by atoms with Crippen LogP contribution in [0, 0.1) is 5.82 Å². The zero-order valence-corrected chi connectivity index (χ0v) is 17.1. The molecule has 29 heavy (non-hydrogen) atoms. The van der Waals surface area contributed by atoms with Crippen molar-refractivity contribution in [3.8, 4) is 0 Å². The highest BCUT2D eigenvalue weighted by Gasteiger charge is 2.13. The highest BCUT2D eigenvalue weighted by molar-refractivity contribution is 7.98. The number of nitrogens with one attached hydrogen (secondary N) is 2. The number of carbonyl (C=O) groups is 1. The van der Waals surface area contributed by atoms with Crippen LogP contribution in [-0.2, 0) is 15.8 Å². The second-order valence-electron chi connectivity index (χ2n) is 6.18. The summed E-state index contributed by atoms with van der Waals surface area (Å²) in [5.74, 6) is -0.0818. The van der Waals surface area contributed by atoms with Crippen molar-refractivity contribution in [1.29, 1.82) is 0 Å². The number of carbonyl (C=O) groups excluding carboxylic acids is 1. The lowest BCUT2D eigenvalue weighted by Crippen LogP contribution is -2.14. The molecule has 6 nitrogen and oxygen atoms in total. The van der Waals surface area contributed by atoms with Gasteiger partial charge in [0.15, 0.2) is 0 Å². The average molecular weight is 432 g/mol. The maximum Gasteiger partial charge on any atom is 0.258 e. The summed E-state index contributed by atoms with van der Waals surface area (Å²) in [7, 11) is -3.36. The van der Waals surface area contributed by atoms with E-state index in [0.717, 1.165) is 11.8 Å². The summed E-state index contributed by atoms with van der Waals surface area (Å²) in [5.41, 5.74) is 2.26. The van der Waals surface area contributed by atoms with Crippen LogP contribution in [0.4, 0.5) is 15.8 Å². The summed E-state index contributed by atoms with van der Waals surface area (Å²) >= 11 is 1.38. The van der Waals surface area contributed by atoms with Gasteiger partial charge in [0.2, 0.25) is 10.0 Å². The minimum absolute atomic E-state index is 0.297. The largest absolute Gasteiger partial charge is 0.322 e. The molecular formula is C20H18FN3O3S2. The van der Waals surface area contributed by atoms with E-state index in [2.05, 4.69) is 15.0 Å². The van der Waals surface area contributed by atoms with Crippen molar-refractivity contribution in [2.24, 2.45) is 0 Å². The normalized spacial score (nSPS) is 11.1. The molecule has 0 aliphatic rings. The first-order valence-electron chi connectivity index (χ1n) is 8.52. The molecule has 0 bridgehead atoms. The van der Waals surface area contributed by atoms with Gasteiger partial charge in [-0.2, -0.15) is 0 Å². The first kappa shape index (κ1) is 20.8. The van der Waals surface area contributed by atoms with Gasteiger partial charge in [-0.3, -0.25) is 9.52 Å². The molecule has 3 rings (SSSR count). The van der Waals surface area contributed by atoms with Crippen molar-refractivity contribution in [2.45, 2.75) is 10.8 Å². The molecule has 0 spiro atoms. The first-order chi connectivity index (χ1) is 13.8. The summed E-state index contributed by atoms with van der Waals surface area (Å²) in [6.07, 6.45) is 2.67. The van der Waals surface area contributed by atoms with Gasteiger partial charge in [-0.1, -0.05) is 12.1 Å². The molecule has 150 valence electrons. The molecule has 2 N–H and O–H groups in total. The number of anilines is 2. The van der Waals surface area contributed by atoms with E-state index in [4.69, 9.17) is 0 Å². The molecule has 0 atom stereocenters. The highest BCUT2D eigenvalue weighted by atomic mass is 32.2. The monoisotopic (exact) mass is 431 g/mol. The van der Waals surface area contributed by atoms with Gasteiger partial charge in [0.25, 0.3) is 5.91 Å². The van der Waals surface area contributed by atoms with Gasteiger partial charge in [0, 0.05) is 23.3 Å². The summed E-state index contributed by atoms with van der Waals surface area (Å²) in [4.78, 5) is 17.0. The number of sulfonamides is 1. The Balaban J connectivity index is 1.68. The maximum absolute atomic E-state index is 13.0. The van der Waals surface area contributed by atoms with Crippen LogP contribution in [0.5, 0.6) is 0 Å². The smallest absolute Gasteiger partial charge is 0.258 e.